The molecule has 1 aliphatic heterocycles. The van der Waals surface area contributed by atoms with Crippen LogP contribution in [0.3, 0.4) is 0 Å². The Kier molecular flexibility index (Phi) is 9.96. The van der Waals surface area contributed by atoms with Crippen molar-refractivity contribution in [3.8, 4) is 0 Å². The molecule has 4 nitrogen and oxygen atoms in total. The van der Waals surface area contributed by atoms with E-state index < -0.39 is 0 Å². The fourth-order valence-corrected chi connectivity index (χ4v) is 3.39. The Bertz CT molecular complexity index is 315. The number of aliphatic imine (C=N–C) groups is 1. The summed E-state index contributed by atoms with van der Waals surface area (Å²) in [5.74, 6) is 1.77. The zero-order valence-electron chi connectivity index (χ0n) is 14.9. The SMILES string of the molecule is CCNC(=NCC1(SC)CCOCC1)NCCCCC(C)C. The second kappa shape index (κ2) is 11.2. The molecule has 0 saturated carbocycles. The highest BCUT2D eigenvalue weighted by Gasteiger charge is 2.31. The summed E-state index contributed by atoms with van der Waals surface area (Å²) in [5, 5.41) is 6.84. The summed E-state index contributed by atoms with van der Waals surface area (Å²) in [6.07, 6.45) is 8.22. The third-order valence-electron chi connectivity index (χ3n) is 4.21. The smallest absolute Gasteiger partial charge is 0.191 e. The predicted molar refractivity (Wildman–Crippen MR) is 99.0 cm³/mol. The van der Waals surface area contributed by atoms with Gasteiger partial charge in [-0.1, -0.05) is 26.7 Å². The molecule has 1 rings (SSSR count). The highest BCUT2D eigenvalue weighted by atomic mass is 32.2. The molecular weight excluding hydrogens is 294 g/mol. The standard InChI is InChI=1S/C17H35N3OS/c1-5-18-16(19-11-7-6-8-15(2)3)20-14-17(22-4)9-12-21-13-10-17/h15H,5-14H2,1-4H3,(H2,18,19,20). The van der Waals surface area contributed by atoms with E-state index in [9.17, 15) is 0 Å². The predicted octanol–water partition coefficient (Wildman–Crippen LogP) is 3.28. The zero-order chi connectivity index (χ0) is 16.3. The van der Waals surface area contributed by atoms with Crippen LogP contribution in [0.1, 0.15) is 52.9 Å². The van der Waals surface area contributed by atoms with Gasteiger partial charge in [0.2, 0.25) is 0 Å². The summed E-state index contributed by atoms with van der Waals surface area (Å²) in [4.78, 5) is 4.83. The van der Waals surface area contributed by atoms with E-state index in [1.165, 1.54) is 19.3 Å². The van der Waals surface area contributed by atoms with Crippen molar-refractivity contribution >= 4 is 17.7 Å². The molecule has 0 aliphatic carbocycles. The number of thioether (sulfide) groups is 1. The fourth-order valence-electron chi connectivity index (χ4n) is 2.62. The van der Waals surface area contributed by atoms with Gasteiger partial charge in [0.25, 0.3) is 0 Å². The summed E-state index contributed by atoms with van der Waals surface area (Å²) in [6, 6.07) is 0. The van der Waals surface area contributed by atoms with Gasteiger partial charge in [0, 0.05) is 31.1 Å². The quantitative estimate of drug-likeness (QED) is 0.387. The number of nitrogens with one attached hydrogen (secondary N) is 2. The van der Waals surface area contributed by atoms with Crippen LogP contribution < -0.4 is 10.6 Å². The molecule has 1 saturated heterocycles. The Morgan fingerprint density at radius 3 is 2.55 bits per heavy atom. The average Bonchev–Trinajstić information content (AvgIpc) is 2.53. The van der Waals surface area contributed by atoms with E-state index in [1.807, 2.05) is 11.8 Å². The van der Waals surface area contributed by atoms with Crippen LogP contribution in [-0.2, 0) is 4.74 Å². The third-order valence-corrected chi connectivity index (χ3v) is 5.61. The Hall–Kier alpha value is -0.420. The topological polar surface area (TPSA) is 45.7 Å². The second-order valence-electron chi connectivity index (χ2n) is 6.51. The van der Waals surface area contributed by atoms with Gasteiger partial charge in [0.1, 0.15) is 0 Å². The van der Waals surface area contributed by atoms with E-state index in [-0.39, 0.29) is 4.75 Å². The van der Waals surface area contributed by atoms with Gasteiger partial charge < -0.3 is 15.4 Å². The summed E-state index contributed by atoms with van der Waals surface area (Å²) in [7, 11) is 0. The monoisotopic (exact) mass is 329 g/mol. The second-order valence-corrected chi connectivity index (χ2v) is 7.79. The molecule has 0 spiro atoms. The molecule has 0 unspecified atom stereocenters. The van der Waals surface area contributed by atoms with Crippen LogP contribution in [0.4, 0.5) is 0 Å². The number of unbranched alkanes of at least 4 members (excludes halogenated alkanes) is 1. The Labute approximate surface area is 141 Å². The van der Waals surface area contributed by atoms with Crippen LogP contribution in [0, 0.1) is 5.92 Å². The van der Waals surface area contributed by atoms with E-state index in [2.05, 4.69) is 37.7 Å². The van der Waals surface area contributed by atoms with Gasteiger partial charge in [-0.2, -0.15) is 11.8 Å². The minimum Gasteiger partial charge on any atom is -0.381 e. The van der Waals surface area contributed by atoms with Crippen LogP contribution in [0.15, 0.2) is 4.99 Å². The van der Waals surface area contributed by atoms with Crippen molar-refractivity contribution in [2.75, 3.05) is 39.1 Å². The lowest BCUT2D eigenvalue weighted by Crippen LogP contribution is -2.41. The highest BCUT2D eigenvalue weighted by Crippen LogP contribution is 2.33. The summed E-state index contributed by atoms with van der Waals surface area (Å²) < 4.78 is 5.76. The number of hydrogen-bond donors (Lipinski definition) is 2. The van der Waals surface area contributed by atoms with Gasteiger partial charge in [0.05, 0.1) is 6.54 Å². The number of nitrogens with zero attached hydrogens (tertiary/aromatic N) is 1. The number of hydrogen-bond acceptors (Lipinski definition) is 3. The molecule has 0 aromatic carbocycles. The lowest BCUT2D eigenvalue weighted by Gasteiger charge is -2.34. The lowest BCUT2D eigenvalue weighted by atomic mass is 9.99. The van der Waals surface area contributed by atoms with E-state index >= 15 is 0 Å². The zero-order valence-corrected chi connectivity index (χ0v) is 15.7. The van der Waals surface area contributed by atoms with Crippen molar-refractivity contribution < 1.29 is 4.74 Å². The van der Waals surface area contributed by atoms with Gasteiger partial charge in [-0.3, -0.25) is 4.99 Å². The molecule has 0 bridgehead atoms. The normalized spacial score (nSPS) is 18.5. The first kappa shape index (κ1) is 19.6. The number of guanidine groups is 1. The highest BCUT2D eigenvalue weighted by molar-refractivity contribution is 8.00. The molecule has 22 heavy (non-hydrogen) atoms. The van der Waals surface area contributed by atoms with Gasteiger partial charge in [0.15, 0.2) is 5.96 Å². The molecule has 1 fully saturated rings. The maximum Gasteiger partial charge on any atom is 0.191 e. The maximum atomic E-state index is 5.50. The van der Waals surface area contributed by atoms with E-state index in [0.717, 1.165) is 57.6 Å². The average molecular weight is 330 g/mol. The fraction of sp³-hybridized carbons (Fsp3) is 0.941. The molecule has 0 amide bonds. The molecule has 0 radical (unpaired) electrons. The summed E-state index contributed by atoms with van der Waals surface area (Å²) in [5.41, 5.74) is 0. The molecule has 2 N–H and O–H groups in total. The molecule has 5 heteroatoms. The molecule has 1 aliphatic rings. The van der Waals surface area contributed by atoms with Crippen molar-refractivity contribution in [1.82, 2.24) is 10.6 Å². The number of ether oxygens (including phenoxy) is 1. The van der Waals surface area contributed by atoms with Crippen LogP contribution in [0.25, 0.3) is 0 Å². The van der Waals surface area contributed by atoms with Gasteiger partial charge in [-0.05, 0) is 38.4 Å². The molecule has 0 atom stereocenters. The first-order valence-electron chi connectivity index (χ1n) is 8.77. The van der Waals surface area contributed by atoms with Crippen LogP contribution in [0.5, 0.6) is 0 Å². The summed E-state index contributed by atoms with van der Waals surface area (Å²) >= 11 is 1.95. The van der Waals surface area contributed by atoms with Crippen molar-refractivity contribution in [1.29, 1.82) is 0 Å². The van der Waals surface area contributed by atoms with Gasteiger partial charge >= 0.3 is 0 Å². The van der Waals surface area contributed by atoms with Crippen molar-refractivity contribution in [3.05, 3.63) is 0 Å². The molecule has 0 aromatic rings. The van der Waals surface area contributed by atoms with E-state index in [1.54, 1.807) is 0 Å². The molecular formula is C17H35N3OS. The minimum absolute atomic E-state index is 0.262. The van der Waals surface area contributed by atoms with E-state index in [0.29, 0.717) is 0 Å². The first-order valence-corrected chi connectivity index (χ1v) is 9.99. The Morgan fingerprint density at radius 1 is 1.23 bits per heavy atom. The lowest BCUT2D eigenvalue weighted by molar-refractivity contribution is 0.0794. The van der Waals surface area contributed by atoms with Gasteiger partial charge in [-0.15, -0.1) is 0 Å². The Balaban J connectivity index is 2.39. The van der Waals surface area contributed by atoms with Crippen LogP contribution in [0.2, 0.25) is 0 Å². The Morgan fingerprint density at radius 2 is 1.95 bits per heavy atom. The van der Waals surface area contributed by atoms with Gasteiger partial charge in [-0.25, -0.2) is 0 Å². The molecule has 1 heterocycles. The van der Waals surface area contributed by atoms with Crippen molar-refractivity contribution in [3.63, 3.8) is 0 Å². The maximum absolute atomic E-state index is 5.50. The molecule has 0 aromatic heterocycles. The van der Waals surface area contributed by atoms with Crippen molar-refractivity contribution in [2.24, 2.45) is 10.9 Å². The summed E-state index contributed by atoms with van der Waals surface area (Å²) in [6.45, 7) is 11.2. The molecule has 130 valence electrons. The van der Waals surface area contributed by atoms with Crippen LogP contribution in [-0.4, -0.2) is 49.8 Å². The van der Waals surface area contributed by atoms with Crippen molar-refractivity contribution in [2.45, 2.75) is 57.6 Å². The first-order chi connectivity index (χ1) is 10.6. The largest absolute Gasteiger partial charge is 0.381 e. The number of rotatable bonds is 9. The van der Waals surface area contributed by atoms with Crippen LogP contribution >= 0.6 is 11.8 Å². The third kappa shape index (κ3) is 7.73. The van der Waals surface area contributed by atoms with E-state index in [4.69, 9.17) is 9.73 Å². The minimum atomic E-state index is 0.262.